The van der Waals surface area contributed by atoms with E-state index in [9.17, 15) is 19.8 Å². The van der Waals surface area contributed by atoms with Gasteiger partial charge in [0, 0.05) is 6.42 Å². The normalized spacial score (nSPS) is 13.8. The van der Waals surface area contributed by atoms with Gasteiger partial charge in [0.15, 0.2) is 0 Å². The van der Waals surface area contributed by atoms with Gasteiger partial charge in [0.1, 0.15) is 6.10 Å². The summed E-state index contributed by atoms with van der Waals surface area (Å²) in [5, 5.41) is 23.8. The van der Waals surface area contributed by atoms with Crippen LogP contribution in [-0.2, 0) is 14.3 Å². The molecule has 0 aliphatic heterocycles. The van der Waals surface area contributed by atoms with Gasteiger partial charge < -0.3 is 20.3 Å². The number of aliphatic hydroxyl groups excluding tert-OH is 2. The molecular weight excluding hydrogens is 767 g/mol. The van der Waals surface area contributed by atoms with Crippen LogP contribution in [0.25, 0.3) is 0 Å². The minimum Gasteiger partial charge on any atom is -0.462 e. The zero-order valence-electron chi connectivity index (χ0n) is 40.7. The van der Waals surface area contributed by atoms with Crippen LogP contribution in [0.2, 0.25) is 0 Å². The predicted molar refractivity (Wildman–Crippen MR) is 268 cm³/mol. The van der Waals surface area contributed by atoms with Crippen LogP contribution in [0.15, 0.2) is 72.9 Å². The Hall–Kier alpha value is -2.70. The van der Waals surface area contributed by atoms with Crippen molar-refractivity contribution in [3.05, 3.63) is 72.9 Å². The third-order valence-corrected chi connectivity index (χ3v) is 11.6. The molecule has 3 N–H and O–H groups in total. The van der Waals surface area contributed by atoms with Crippen molar-refractivity contribution < 1.29 is 24.5 Å². The number of nitrogens with one attached hydrogen (secondary N) is 1. The zero-order valence-corrected chi connectivity index (χ0v) is 40.7. The summed E-state index contributed by atoms with van der Waals surface area (Å²) in [6.07, 6.45) is 62.4. The minimum absolute atomic E-state index is 0.0538. The lowest BCUT2D eigenvalue weighted by Crippen LogP contribution is -2.46. The van der Waals surface area contributed by atoms with Gasteiger partial charge >= 0.3 is 5.97 Å². The Morgan fingerprint density at radius 2 is 0.935 bits per heavy atom. The number of carbonyl (C=O) groups excluding carboxylic acids is 2. The van der Waals surface area contributed by atoms with Gasteiger partial charge in [-0.3, -0.25) is 9.59 Å². The highest BCUT2D eigenvalue weighted by Crippen LogP contribution is 2.18. The summed E-state index contributed by atoms with van der Waals surface area (Å²) >= 11 is 0. The number of hydrogen-bond acceptors (Lipinski definition) is 5. The van der Waals surface area contributed by atoms with Gasteiger partial charge in [-0.2, -0.15) is 0 Å². The number of carbonyl (C=O) groups is 2. The number of hydrogen-bond donors (Lipinski definition) is 3. The molecule has 0 aliphatic rings. The average molecular weight is 866 g/mol. The molecule has 0 rings (SSSR count). The van der Waals surface area contributed by atoms with Crippen molar-refractivity contribution in [3.8, 4) is 0 Å². The molecule has 0 bridgehead atoms. The largest absolute Gasteiger partial charge is 0.462 e. The molecule has 0 aromatic carbocycles. The molecule has 3 unspecified atom stereocenters. The van der Waals surface area contributed by atoms with Crippen LogP contribution in [0.5, 0.6) is 0 Å². The van der Waals surface area contributed by atoms with E-state index in [-0.39, 0.29) is 24.9 Å². The average Bonchev–Trinajstić information content (AvgIpc) is 3.26. The lowest BCUT2D eigenvalue weighted by Gasteiger charge is -2.24. The van der Waals surface area contributed by atoms with Crippen molar-refractivity contribution in [2.24, 2.45) is 0 Å². The van der Waals surface area contributed by atoms with E-state index in [1.807, 2.05) is 24.3 Å². The number of allylic oxidation sites excluding steroid dienone is 12. The smallest absolute Gasteiger partial charge is 0.306 e. The van der Waals surface area contributed by atoms with E-state index in [1.54, 1.807) is 0 Å². The second-order valence-electron chi connectivity index (χ2n) is 17.6. The molecule has 0 saturated heterocycles. The monoisotopic (exact) mass is 866 g/mol. The molecule has 62 heavy (non-hydrogen) atoms. The van der Waals surface area contributed by atoms with E-state index in [0.29, 0.717) is 19.3 Å². The van der Waals surface area contributed by atoms with Crippen molar-refractivity contribution in [3.63, 3.8) is 0 Å². The third kappa shape index (κ3) is 43.9. The molecule has 0 aromatic rings. The van der Waals surface area contributed by atoms with Gasteiger partial charge in [-0.15, -0.1) is 0 Å². The van der Waals surface area contributed by atoms with E-state index in [2.05, 4.69) is 74.7 Å². The highest BCUT2D eigenvalue weighted by Gasteiger charge is 2.24. The Balaban J connectivity index is 4.66. The summed E-state index contributed by atoms with van der Waals surface area (Å²) < 4.78 is 5.92. The topological polar surface area (TPSA) is 95.9 Å². The first kappa shape index (κ1) is 59.3. The van der Waals surface area contributed by atoms with Gasteiger partial charge in [0.2, 0.25) is 5.91 Å². The molecule has 0 spiro atoms. The van der Waals surface area contributed by atoms with Gasteiger partial charge in [0.05, 0.1) is 25.2 Å². The van der Waals surface area contributed by atoms with Crippen molar-refractivity contribution in [2.75, 3.05) is 6.61 Å². The lowest BCUT2D eigenvalue weighted by atomic mass is 10.0. The fourth-order valence-electron chi connectivity index (χ4n) is 7.65. The standard InChI is InChI=1S/C56H99NO5/c1-4-7-10-13-16-19-22-25-26-27-28-31-32-35-38-41-44-47-52(62-56(61)49-46-43-40-37-34-30-24-21-18-15-12-9-6-3)50-55(60)57-53(51-58)54(59)48-45-42-39-36-33-29-23-20-17-14-11-8-5-2/h9,12,15-16,18-19,21,24-26,30,34,52-54,58-59H,4-8,10-11,13-14,17,20,22-23,27-29,31-33,35-51H2,1-3H3,(H,57,60)/b12-9+,18-15+,19-16-,24-21-,26-25-,34-30-. The maximum Gasteiger partial charge on any atom is 0.306 e. The van der Waals surface area contributed by atoms with Crippen LogP contribution in [0.3, 0.4) is 0 Å². The van der Waals surface area contributed by atoms with Crippen LogP contribution in [0.1, 0.15) is 245 Å². The van der Waals surface area contributed by atoms with Gasteiger partial charge in [-0.25, -0.2) is 0 Å². The molecular formula is C56H99NO5. The molecule has 6 nitrogen and oxygen atoms in total. The molecule has 1 amide bonds. The van der Waals surface area contributed by atoms with Crippen LogP contribution < -0.4 is 5.32 Å². The van der Waals surface area contributed by atoms with Gasteiger partial charge in [0.25, 0.3) is 0 Å². The van der Waals surface area contributed by atoms with Crippen LogP contribution in [0, 0.1) is 0 Å². The molecule has 0 fully saturated rings. The van der Waals surface area contributed by atoms with E-state index in [0.717, 1.165) is 83.5 Å². The maximum atomic E-state index is 13.2. The van der Waals surface area contributed by atoms with Crippen LogP contribution in [-0.4, -0.2) is 46.9 Å². The predicted octanol–water partition coefficient (Wildman–Crippen LogP) is 15.8. The molecule has 3 atom stereocenters. The van der Waals surface area contributed by atoms with Crippen molar-refractivity contribution in [2.45, 2.75) is 264 Å². The number of ether oxygens (including phenoxy) is 1. The van der Waals surface area contributed by atoms with Gasteiger partial charge in [-0.05, 0) is 77.0 Å². The second-order valence-corrected chi connectivity index (χ2v) is 17.6. The van der Waals surface area contributed by atoms with E-state index >= 15 is 0 Å². The maximum absolute atomic E-state index is 13.2. The summed E-state index contributed by atoms with van der Waals surface area (Å²) in [5.41, 5.74) is 0. The Kier molecular flexibility index (Phi) is 47.2. The highest BCUT2D eigenvalue weighted by molar-refractivity contribution is 5.77. The summed E-state index contributed by atoms with van der Waals surface area (Å²) in [7, 11) is 0. The number of esters is 1. The molecule has 358 valence electrons. The Morgan fingerprint density at radius 1 is 0.500 bits per heavy atom. The van der Waals surface area contributed by atoms with Crippen LogP contribution in [0.4, 0.5) is 0 Å². The molecule has 0 saturated carbocycles. The number of rotatable bonds is 46. The summed E-state index contributed by atoms with van der Waals surface area (Å²) in [4.78, 5) is 26.1. The Bertz CT molecular complexity index is 1150. The summed E-state index contributed by atoms with van der Waals surface area (Å²) in [5.74, 6) is -0.527. The third-order valence-electron chi connectivity index (χ3n) is 11.6. The number of unbranched alkanes of at least 4 members (excludes halogenated alkanes) is 25. The zero-order chi connectivity index (χ0) is 45.2. The highest BCUT2D eigenvalue weighted by atomic mass is 16.5. The molecule has 0 radical (unpaired) electrons. The van der Waals surface area contributed by atoms with Gasteiger partial charge in [-0.1, -0.05) is 229 Å². The van der Waals surface area contributed by atoms with Crippen molar-refractivity contribution >= 4 is 11.9 Å². The summed E-state index contributed by atoms with van der Waals surface area (Å²) in [6, 6.07) is -0.715. The Labute approximate surface area is 383 Å². The van der Waals surface area contributed by atoms with E-state index < -0.39 is 18.2 Å². The number of aliphatic hydroxyl groups is 2. The van der Waals surface area contributed by atoms with Crippen molar-refractivity contribution in [1.82, 2.24) is 5.32 Å². The quantitative estimate of drug-likeness (QED) is 0.0245. The molecule has 0 aromatic heterocycles. The fourth-order valence-corrected chi connectivity index (χ4v) is 7.65. The first-order chi connectivity index (χ1) is 30.5. The fraction of sp³-hybridized carbons (Fsp3) is 0.750. The Morgan fingerprint density at radius 3 is 1.48 bits per heavy atom. The second kappa shape index (κ2) is 49.3. The summed E-state index contributed by atoms with van der Waals surface area (Å²) in [6.45, 7) is 6.31. The lowest BCUT2D eigenvalue weighted by molar-refractivity contribution is -0.151. The first-order valence-corrected chi connectivity index (χ1v) is 26.2. The minimum atomic E-state index is -0.799. The van der Waals surface area contributed by atoms with Crippen LogP contribution >= 0.6 is 0 Å². The van der Waals surface area contributed by atoms with Crippen molar-refractivity contribution in [1.29, 1.82) is 0 Å². The molecule has 6 heteroatoms. The SMILES string of the molecule is CC/C=C/C=C/C=C\C=C/CCCCCC(=O)OC(CCCCCCCCC/C=C\C/C=C\CCCCC)CC(=O)NC(CO)C(O)CCCCCCCCCCCCCCC. The molecule has 0 aliphatic carbocycles. The first-order valence-electron chi connectivity index (χ1n) is 26.2. The number of amides is 1. The van der Waals surface area contributed by atoms with E-state index in [4.69, 9.17) is 4.74 Å². The molecule has 0 heterocycles. The van der Waals surface area contributed by atoms with E-state index in [1.165, 1.54) is 116 Å².